The normalized spacial score (nSPS) is 17.6. The summed E-state index contributed by atoms with van der Waals surface area (Å²) in [7, 11) is 0. The van der Waals surface area contributed by atoms with Crippen molar-refractivity contribution < 1.29 is 5.11 Å². The van der Waals surface area contributed by atoms with Crippen LogP contribution >= 0.6 is 27.5 Å². The largest absolute Gasteiger partial charge is 0.508 e. The summed E-state index contributed by atoms with van der Waals surface area (Å²) in [6.07, 6.45) is 3.22. The Morgan fingerprint density at radius 2 is 2.10 bits per heavy atom. The summed E-state index contributed by atoms with van der Waals surface area (Å²) >= 11 is 9.66. The number of aryl methyl sites for hydroxylation is 1. The second kappa shape index (κ2) is 5.66. The first-order valence-corrected chi connectivity index (χ1v) is 7.84. The molecule has 20 heavy (non-hydrogen) atoms. The van der Waals surface area contributed by atoms with E-state index in [2.05, 4.69) is 21.2 Å². The number of halogens is 2. The number of nitrogens with one attached hydrogen (secondary N) is 1. The first kappa shape index (κ1) is 13.8. The van der Waals surface area contributed by atoms with Gasteiger partial charge < -0.3 is 10.4 Å². The molecule has 2 aromatic rings. The minimum atomic E-state index is 0.258. The lowest BCUT2D eigenvalue weighted by Crippen LogP contribution is -2.17. The highest BCUT2D eigenvalue weighted by Gasteiger charge is 2.21. The number of hydrogen-bond acceptors (Lipinski definition) is 2. The first-order valence-electron chi connectivity index (χ1n) is 6.67. The number of anilines is 1. The smallest absolute Gasteiger partial charge is 0.115 e. The van der Waals surface area contributed by atoms with E-state index in [0.29, 0.717) is 10.8 Å². The summed E-state index contributed by atoms with van der Waals surface area (Å²) in [5.41, 5.74) is 3.50. The maximum atomic E-state index is 9.60. The van der Waals surface area contributed by atoms with Crippen LogP contribution in [-0.2, 0) is 6.42 Å². The molecule has 3 rings (SSSR count). The lowest BCUT2D eigenvalue weighted by atomic mass is 9.87. The molecule has 2 N–H and O–H groups in total. The quantitative estimate of drug-likeness (QED) is 0.769. The summed E-state index contributed by atoms with van der Waals surface area (Å²) in [6, 6.07) is 11.7. The zero-order valence-corrected chi connectivity index (χ0v) is 13.2. The van der Waals surface area contributed by atoms with E-state index in [4.69, 9.17) is 11.6 Å². The van der Waals surface area contributed by atoms with Gasteiger partial charge in [-0.25, -0.2) is 0 Å². The Hall–Kier alpha value is -1.19. The zero-order chi connectivity index (χ0) is 14.1. The molecule has 0 radical (unpaired) electrons. The highest BCUT2D eigenvalue weighted by molar-refractivity contribution is 9.10. The molecule has 4 heteroatoms. The highest BCUT2D eigenvalue weighted by atomic mass is 79.9. The van der Waals surface area contributed by atoms with Crippen LogP contribution < -0.4 is 5.32 Å². The molecule has 0 heterocycles. The van der Waals surface area contributed by atoms with Crippen LogP contribution in [0.25, 0.3) is 0 Å². The standard InChI is InChI=1S/C16H15BrClNO/c17-16-13(18)4-2-6-15(16)19-14-5-1-3-10-9-11(20)7-8-12(10)14/h2,4,6-9,14,19-20H,1,3,5H2. The van der Waals surface area contributed by atoms with Crippen LogP contribution in [0.3, 0.4) is 0 Å². The van der Waals surface area contributed by atoms with Crippen LogP contribution in [0.15, 0.2) is 40.9 Å². The summed E-state index contributed by atoms with van der Waals surface area (Å²) in [6.45, 7) is 0. The molecule has 1 aliphatic rings. The molecule has 0 fully saturated rings. The minimum absolute atomic E-state index is 0.258. The van der Waals surface area contributed by atoms with Crippen LogP contribution in [0.1, 0.15) is 30.0 Å². The summed E-state index contributed by atoms with van der Waals surface area (Å²) in [5.74, 6) is 0.341. The minimum Gasteiger partial charge on any atom is -0.508 e. The molecule has 0 bridgehead atoms. The summed E-state index contributed by atoms with van der Waals surface area (Å²) in [4.78, 5) is 0. The molecule has 1 unspecified atom stereocenters. The second-order valence-corrected chi connectivity index (χ2v) is 6.27. The molecule has 1 aliphatic carbocycles. The van der Waals surface area contributed by atoms with Crippen molar-refractivity contribution in [2.24, 2.45) is 0 Å². The van der Waals surface area contributed by atoms with Gasteiger partial charge in [-0.2, -0.15) is 0 Å². The third-order valence-corrected chi connectivity index (χ3v) is 5.12. The second-order valence-electron chi connectivity index (χ2n) is 5.07. The number of rotatable bonds is 2. The number of hydrogen-bond donors (Lipinski definition) is 2. The Balaban J connectivity index is 1.91. The number of benzene rings is 2. The van der Waals surface area contributed by atoms with Gasteiger partial charge in [-0.1, -0.05) is 23.7 Å². The van der Waals surface area contributed by atoms with Gasteiger partial charge in [0.25, 0.3) is 0 Å². The Bertz CT molecular complexity index is 644. The van der Waals surface area contributed by atoms with Crippen molar-refractivity contribution in [3.63, 3.8) is 0 Å². The van der Waals surface area contributed by atoms with Crippen molar-refractivity contribution in [1.29, 1.82) is 0 Å². The number of fused-ring (bicyclic) bond motifs is 1. The predicted octanol–water partition coefficient (Wildman–Crippen LogP) is 5.30. The molecule has 0 aliphatic heterocycles. The van der Waals surface area contributed by atoms with Crippen molar-refractivity contribution in [2.75, 3.05) is 5.32 Å². The molecule has 0 aromatic heterocycles. The van der Waals surface area contributed by atoms with Crippen molar-refractivity contribution in [3.8, 4) is 5.75 Å². The van der Waals surface area contributed by atoms with Crippen LogP contribution in [0.4, 0.5) is 5.69 Å². The Kier molecular flexibility index (Phi) is 3.90. The highest BCUT2D eigenvalue weighted by Crippen LogP contribution is 2.37. The lowest BCUT2D eigenvalue weighted by Gasteiger charge is -2.28. The molecule has 104 valence electrons. The van der Waals surface area contributed by atoms with E-state index < -0.39 is 0 Å². The van der Waals surface area contributed by atoms with Gasteiger partial charge in [-0.3, -0.25) is 0 Å². The van der Waals surface area contributed by atoms with Gasteiger partial charge in [0, 0.05) is 0 Å². The monoisotopic (exact) mass is 351 g/mol. The number of aromatic hydroxyl groups is 1. The molecule has 2 nitrogen and oxygen atoms in total. The predicted molar refractivity (Wildman–Crippen MR) is 86.6 cm³/mol. The van der Waals surface area contributed by atoms with Gasteiger partial charge in [0.15, 0.2) is 0 Å². The number of phenols is 1. The molecule has 2 aromatic carbocycles. The topological polar surface area (TPSA) is 32.3 Å². The third kappa shape index (κ3) is 2.65. The fraction of sp³-hybridized carbons (Fsp3) is 0.250. The Morgan fingerprint density at radius 3 is 2.95 bits per heavy atom. The van der Waals surface area contributed by atoms with E-state index in [9.17, 15) is 5.11 Å². The Labute approximate surface area is 131 Å². The van der Waals surface area contributed by atoms with Gasteiger partial charge >= 0.3 is 0 Å². The van der Waals surface area contributed by atoms with Crippen LogP contribution in [0, 0.1) is 0 Å². The Morgan fingerprint density at radius 1 is 1.25 bits per heavy atom. The average Bonchev–Trinajstić information content (AvgIpc) is 2.44. The van der Waals surface area contributed by atoms with E-state index >= 15 is 0 Å². The maximum absolute atomic E-state index is 9.60. The fourth-order valence-corrected chi connectivity index (χ4v) is 3.31. The molecule has 0 saturated heterocycles. The van der Waals surface area contributed by atoms with Crippen LogP contribution in [0.2, 0.25) is 5.02 Å². The van der Waals surface area contributed by atoms with Crippen LogP contribution in [0.5, 0.6) is 5.75 Å². The molecule has 0 saturated carbocycles. The van der Waals surface area contributed by atoms with E-state index in [-0.39, 0.29) is 6.04 Å². The maximum Gasteiger partial charge on any atom is 0.115 e. The molecular weight excluding hydrogens is 338 g/mol. The SMILES string of the molecule is Oc1ccc2c(c1)CCCC2Nc1cccc(Cl)c1Br. The van der Waals surface area contributed by atoms with Crippen molar-refractivity contribution in [3.05, 3.63) is 57.0 Å². The molecular formula is C16H15BrClNO. The third-order valence-electron chi connectivity index (χ3n) is 3.72. The van der Waals surface area contributed by atoms with Gasteiger partial charge in [0.2, 0.25) is 0 Å². The van der Waals surface area contributed by atoms with Crippen LogP contribution in [-0.4, -0.2) is 5.11 Å². The average molecular weight is 353 g/mol. The van der Waals surface area contributed by atoms with E-state index in [0.717, 1.165) is 29.4 Å². The van der Waals surface area contributed by atoms with E-state index in [1.165, 1.54) is 11.1 Å². The van der Waals surface area contributed by atoms with Gasteiger partial charge in [-0.05, 0) is 70.6 Å². The van der Waals surface area contributed by atoms with E-state index in [1.807, 2.05) is 30.3 Å². The molecule has 0 amide bonds. The van der Waals surface area contributed by atoms with Crippen molar-refractivity contribution in [1.82, 2.24) is 0 Å². The first-order chi connectivity index (χ1) is 9.65. The fourth-order valence-electron chi connectivity index (χ4n) is 2.75. The zero-order valence-electron chi connectivity index (χ0n) is 10.9. The van der Waals surface area contributed by atoms with Gasteiger partial charge in [0.05, 0.1) is 21.2 Å². The van der Waals surface area contributed by atoms with E-state index in [1.54, 1.807) is 6.07 Å². The molecule has 0 spiro atoms. The summed E-state index contributed by atoms with van der Waals surface area (Å²) < 4.78 is 0.896. The van der Waals surface area contributed by atoms with Gasteiger partial charge in [0.1, 0.15) is 5.75 Å². The number of phenolic OH excluding ortho intramolecular Hbond substituents is 1. The van der Waals surface area contributed by atoms with Crippen molar-refractivity contribution >= 4 is 33.2 Å². The van der Waals surface area contributed by atoms with Crippen molar-refractivity contribution in [2.45, 2.75) is 25.3 Å². The lowest BCUT2D eigenvalue weighted by molar-refractivity contribution is 0.472. The summed E-state index contributed by atoms with van der Waals surface area (Å²) in [5, 5.41) is 13.9. The van der Waals surface area contributed by atoms with Gasteiger partial charge in [-0.15, -0.1) is 0 Å². The molecule has 1 atom stereocenters.